The van der Waals surface area contributed by atoms with Gasteiger partial charge in [0.1, 0.15) is 0 Å². The highest BCUT2D eigenvalue weighted by Gasteiger charge is 2.23. The summed E-state index contributed by atoms with van der Waals surface area (Å²) in [6, 6.07) is 8.78. The summed E-state index contributed by atoms with van der Waals surface area (Å²) in [6.07, 6.45) is 5.53. The molecule has 1 saturated heterocycles. The van der Waals surface area contributed by atoms with Crippen molar-refractivity contribution in [2.75, 3.05) is 24.5 Å². The number of aromatic nitrogens is 4. The van der Waals surface area contributed by atoms with Crippen LogP contribution in [0.1, 0.15) is 23.3 Å². The van der Waals surface area contributed by atoms with E-state index in [0.717, 1.165) is 31.9 Å². The maximum atomic E-state index is 12.6. The van der Waals surface area contributed by atoms with Crippen molar-refractivity contribution < 1.29 is 4.79 Å². The van der Waals surface area contributed by atoms with Gasteiger partial charge in [0, 0.05) is 37.4 Å². The number of carbonyl (C=O) groups is 1. The van der Waals surface area contributed by atoms with Crippen molar-refractivity contribution in [3.63, 3.8) is 0 Å². The Morgan fingerprint density at radius 3 is 2.78 bits per heavy atom. The Hall–Kier alpha value is -3.29. The van der Waals surface area contributed by atoms with Crippen LogP contribution in [0.2, 0.25) is 0 Å². The van der Waals surface area contributed by atoms with Crippen LogP contribution in [0.3, 0.4) is 0 Å². The number of hydrogen-bond acceptors (Lipinski definition) is 6. The Bertz CT molecular complexity index is 1000. The first-order valence-electron chi connectivity index (χ1n) is 9.00. The predicted molar refractivity (Wildman–Crippen MR) is 102 cm³/mol. The van der Waals surface area contributed by atoms with Gasteiger partial charge in [0.05, 0.1) is 5.39 Å². The molecule has 27 heavy (non-hydrogen) atoms. The van der Waals surface area contributed by atoms with E-state index in [9.17, 15) is 9.59 Å². The van der Waals surface area contributed by atoms with Gasteiger partial charge in [-0.15, -0.1) is 0 Å². The van der Waals surface area contributed by atoms with Crippen LogP contribution in [0.25, 0.3) is 10.8 Å². The molecule has 3 heterocycles. The van der Waals surface area contributed by atoms with Crippen LogP contribution < -0.4 is 15.8 Å². The number of carbonyl (C=O) groups excluding carboxylic acids is 1. The van der Waals surface area contributed by atoms with Crippen molar-refractivity contribution in [2.45, 2.75) is 12.8 Å². The Morgan fingerprint density at radius 1 is 1.19 bits per heavy atom. The molecule has 0 aliphatic carbocycles. The molecule has 2 aromatic heterocycles. The molecule has 4 rings (SSSR count). The lowest BCUT2D eigenvalue weighted by Gasteiger charge is -2.32. The van der Waals surface area contributed by atoms with Crippen molar-refractivity contribution in [3.8, 4) is 0 Å². The van der Waals surface area contributed by atoms with E-state index >= 15 is 0 Å². The number of anilines is 1. The molecule has 0 radical (unpaired) electrons. The lowest BCUT2D eigenvalue weighted by atomic mass is 9.98. The molecule has 1 unspecified atom stereocenters. The largest absolute Gasteiger partial charge is 0.350 e. The van der Waals surface area contributed by atoms with E-state index in [1.54, 1.807) is 42.7 Å². The van der Waals surface area contributed by atoms with E-state index in [4.69, 9.17) is 0 Å². The van der Waals surface area contributed by atoms with Crippen LogP contribution in [0.15, 0.2) is 47.5 Å². The molecule has 8 heteroatoms. The summed E-state index contributed by atoms with van der Waals surface area (Å²) in [6.45, 7) is 2.25. The van der Waals surface area contributed by atoms with E-state index in [2.05, 4.69) is 30.4 Å². The zero-order valence-corrected chi connectivity index (χ0v) is 14.8. The van der Waals surface area contributed by atoms with Crippen molar-refractivity contribution >= 4 is 22.6 Å². The lowest BCUT2D eigenvalue weighted by Crippen LogP contribution is -2.41. The van der Waals surface area contributed by atoms with E-state index in [1.807, 2.05) is 0 Å². The molecule has 8 nitrogen and oxygen atoms in total. The molecular formula is C19H20N6O2. The van der Waals surface area contributed by atoms with Crippen LogP contribution >= 0.6 is 0 Å². The highest BCUT2D eigenvalue weighted by Crippen LogP contribution is 2.19. The number of benzene rings is 1. The minimum Gasteiger partial charge on any atom is -0.350 e. The van der Waals surface area contributed by atoms with Gasteiger partial charge in [-0.05, 0) is 30.9 Å². The minimum absolute atomic E-state index is 0.240. The molecule has 3 aromatic rings. The normalized spacial score (nSPS) is 17.0. The molecule has 2 N–H and O–H groups in total. The molecule has 1 fully saturated rings. The molecule has 1 amide bonds. The van der Waals surface area contributed by atoms with Gasteiger partial charge in [-0.3, -0.25) is 9.59 Å². The molecule has 1 aliphatic heterocycles. The van der Waals surface area contributed by atoms with Crippen LogP contribution in [-0.2, 0) is 0 Å². The van der Waals surface area contributed by atoms with Gasteiger partial charge in [0.25, 0.3) is 11.5 Å². The Morgan fingerprint density at radius 2 is 1.96 bits per heavy atom. The van der Waals surface area contributed by atoms with Crippen molar-refractivity contribution in [1.29, 1.82) is 0 Å². The van der Waals surface area contributed by atoms with Crippen LogP contribution in [-0.4, -0.2) is 45.7 Å². The summed E-state index contributed by atoms with van der Waals surface area (Å²) in [7, 11) is 0. The topological polar surface area (TPSA) is 104 Å². The molecule has 1 aliphatic rings. The SMILES string of the molecule is O=C(NCC1CCCN(c2ncccn2)C1)c1n[nH]c(=O)c2ccccc12. The van der Waals surface area contributed by atoms with Gasteiger partial charge < -0.3 is 10.2 Å². The quantitative estimate of drug-likeness (QED) is 0.724. The van der Waals surface area contributed by atoms with Gasteiger partial charge in [0.15, 0.2) is 5.69 Å². The summed E-state index contributed by atoms with van der Waals surface area (Å²) in [5.74, 6) is 0.748. The average Bonchev–Trinajstić information content (AvgIpc) is 2.73. The van der Waals surface area contributed by atoms with Gasteiger partial charge >= 0.3 is 0 Å². The maximum absolute atomic E-state index is 12.6. The Labute approximate surface area is 155 Å². The zero-order chi connectivity index (χ0) is 18.6. The van der Waals surface area contributed by atoms with E-state index < -0.39 is 0 Å². The molecule has 0 bridgehead atoms. The number of aromatic amines is 1. The van der Waals surface area contributed by atoms with Gasteiger partial charge in [-0.25, -0.2) is 15.1 Å². The van der Waals surface area contributed by atoms with Gasteiger partial charge in [-0.2, -0.15) is 5.10 Å². The second-order valence-electron chi connectivity index (χ2n) is 6.66. The van der Waals surface area contributed by atoms with Gasteiger partial charge in [-0.1, -0.05) is 18.2 Å². The second-order valence-corrected chi connectivity index (χ2v) is 6.66. The third-order valence-electron chi connectivity index (χ3n) is 4.82. The van der Waals surface area contributed by atoms with Gasteiger partial charge in [0.2, 0.25) is 5.95 Å². The number of amides is 1. The van der Waals surface area contributed by atoms with E-state index in [-0.39, 0.29) is 17.2 Å². The van der Waals surface area contributed by atoms with Crippen LogP contribution in [0.5, 0.6) is 0 Å². The molecule has 138 valence electrons. The first-order valence-corrected chi connectivity index (χ1v) is 9.00. The van der Waals surface area contributed by atoms with Crippen LogP contribution in [0, 0.1) is 5.92 Å². The average molecular weight is 364 g/mol. The predicted octanol–water partition coefficient (Wildman–Crippen LogP) is 1.36. The Kier molecular flexibility index (Phi) is 4.78. The summed E-state index contributed by atoms with van der Waals surface area (Å²) in [4.78, 5) is 35.3. The summed E-state index contributed by atoms with van der Waals surface area (Å²) in [5.41, 5.74) is -0.0582. The molecule has 1 aromatic carbocycles. The number of rotatable bonds is 4. The highest BCUT2D eigenvalue weighted by atomic mass is 16.2. The fourth-order valence-electron chi connectivity index (χ4n) is 3.48. The fraction of sp³-hybridized carbons (Fsp3) is 0.316. The first kappa shape index (κ1) is 17.1. The third-order valence-corrected chi connectivity index (χ3v) is 4.82. The maximum Gasteiger partial charge on any atom is 0.272 e. The molecular weight excluding hydrogens is 344 g/mol. The van der Waals surface area contributed by atoms with E-state index in [1.165, 1.54) is 0 Å². The highest BCUT2D eigenvalue weighted by molar-refractivity contribution is 6.04. The third kappa shape index (κ3) is 3.64. The summed E-state index contributed by atoms with van der Waals surface area (Å²) >= 11 is 0. The lowest BCUT2D eigenvalue weighted by molar-refractivity contribution is 0.0941. The van der Waals surface area contributed by atoms with Crippen molar-refractivity contribution in [3.05, 3.63) is 58.8 Å². The molecule has 0 saturated carbocycles. The van der Waals surface area contributed by atoms with Crippen molar-refractivity contribution in [1.82, 2.24) is 25.5 Å². The molecule has 0 spiro atoms. The summed E-state index contributed by atoms with van der Waals surface area (Å²) in [5, 5.41) is 10.3. The first-order chi connectivity index (χ1) is 13.2. The number of fused-ring (bicyclic) bond motifs is 1. The second kappa shape index (κ2) is 7.53. The number of nitrogens with zero attached hydrogens (tertiary/aromatic N) is 4. The number of H-pyrrole nitrogens is 1. The van der Waals surface area contributed by atoms with Crippen LogP contribution in [0.4, 0.5) is 5.95 Å². The number of hydrogen-bond donors (Lipinski definition) is 2. The number of piperidine rings is 1. The Balaban J connectivity index is 1.44. The standard InChI is InChI=1S/C19H20N6O2/c26-17-15-7-2-1-6-14(15)16(23-24-17)18(27)22-11-13-5-3-10-25(12-13)19-20-8-4-9-21-19/h1-2,4,6-9,13H,3,5,10-12H2,(H,22,27)(H,24,26). The monoisotopic (exact) mass is 364 g/mol. The molecule has 1 atom stereocenters. The zero-order valence-electron chi connectivity index (χ0n) is 14.8. The fourth-order valence-corrected chi connectivity index (χ4v) is 3.48. The van der Waals surface area contributed by atoms with E-state index in [0.29, 0.717) is 23.2 Å². The minimum atomic E-state index is -0.298. The van der Waals surface area contributed by atoms with Crippen molar-refractivity contribution in [2.24, 2.45) is 5.92 Å². The smallest absolute Gasteiger partial charge is 0.272 e. The summed E-state index contributed by atoms with van der Waals surface area (Å²) < 4.78 is 0. The number of nitrogens with one attached hydrogen (secondary N) is 2.